The molecule has 2 saturated carbocycles. The Bertz CT molecular complexity index is 433. The minimum atomic E-state index is -0.329. The topological polar surface area (TPSA) is 46.2 Å². The van der Waals surface area contributed by atoms with E-state index in [-0.39, 0.29) is 28.9 Å². The third-order valence-corrected chi connectivity index (χ3v) is 5.50. The van der Waals surface area contributed by atoms with E-state index < -0.39 is 0 Å². The van der Waals surface area contributed by atoms with Crippen LogP contribution in [0.3, 0.4) is 0 Å². The van der Waals surface area contributed by atoms with E-state index >= 15 is 0 Å². The average molecular weight is 307 g/mol. The molecule has 0 aromatic rings. The molecule has 0 bridgehead atoms. The van der Waals surface area contributed by atoms with Gasteiger partial charge >= 0.3 is 0 Å². The van der Waals surface area contributed by atoms with Crippen molar-refractivity contribution in [1.82, 2.24) is 5.32 Å². The highest BCUT2D eigenvalue weighted by Gasteiger charge is 2.50. The number of carbonyl (C=O) groups is 2. The fourth-order valence-corrected chi connectivity index (χ4v) is 3.74. The number of ketones is 1. The second-order valence-electron chi connectivity index (χ2n) is 9.49. The molecule has 3 heteroatoms. The molecule has 0 unspecified atom stereocenters. The van der Waals surface area contributed by atoms with E-state index in [1.54, 1.807) is 0 Å². The molecular weight excluding hydrogens is 274 g/mol. The average Bonchev–Trinajstić information content (AvgIpc) is 3.16. The van der Waals surface area contributed by atoms with E-state index in [1.165, 1.54) is 12.8 Å². The van der Waals surface area contributed by atoms with Crippen molar-refractivity contribution in [2.75, 3.05) is 0 Å². The van der Waals surface area contributed by atoms with Crippen molar-refractivity contribution < 1.29 is 9.59 Å². The Kier molecular flexibility index (Phi) is 4.75. The van der Waals surface area contributed by atoms with Crippen LogP contribution in [0.25, 0.3) is 0 Å². The van der Waals surface area contributed by atoms with Gasteiger partial charge in [-0.2, -0.15) is 0 Å². The van der Waals surface area contributed by atoms with Crippen molar-refractivity contribution in [2.45, 2.75) is 79.7 Å². The van der Waals surface area contributed by atoms with Crippen molar-refractivity contribution in [3.63, 3.8) is 0 Å². The van der Waals surface area contributed by atoms with Gasteiger partial charge in [0.15, 0.2) is 0 Å². The van der Waals surface area contributed by atoms with Crippen LogP contribution >= 0.6 is 0 Å². The number of amides is 1. The summed E-state index contributed by atoms with van der Waals surface area (Å²) in [5, 5.41) is 3.20. The van der Waals surface area contributed by atoms with Crippen LogP contribution < -0.4 is 5.32 Å². The minimum absolute atomic E-state index is 0.0362. The fraction of sp³-hybridized carbons (Fsp3) is 0.895. The Labute approximate surface area is 135 Å². The van der Waals surface area contributed by atoms with E-state index in [1.807, 2.05) is 20.8 Å². The lowest BCUT2D eigenvalue weighted by molar-refractivity contribution is -0.130. The van der Waals surface area contributed by atoms with Crippen LogP contribution in [0.1, 0.15) is 73.6 Å². The molecule has 2 fully saturated rings. The lowest BCUT2D eigenvalue weighted by atomic mass is 9.71. The summed E-state index contributed by atoms with van der Waals surface area (Å²) in [6, 6.07) is 0.317. The summed E-state index contributed by atoms with van der Waals surface area (Å²) in [4.78, 5) is 24.5. The van der Waals surface area contributed by atoms with Crippen molar-refractivity contribution in [3.8, 4) is 0 Å². The molecule has 2 rings (SSSR count). The molecule has 126 valence electrons. The van der Waals surface area contributed by atoms with Gasteiger partial charge in [0.25, 0.3) is 0 Å². The molecule has 1 N–H and O–H groups in total. The molecule has 1 amide bonds. The zero-order valence-corrected chi connectivity index (χ0v) is 15.2. The Morgan fingerprint density at radius 2 is 1.41 bits per heavy atom. The Morgan fingerprint density at radius 1 is 0.864 bits per heavy atom. The van der Waals surface area contributed by atoms with E-state index in [2.05, 4.69) is 26.1 Å². The minimum Gasteiger partial charge on any atom is -0.353 e. The van der Waals surface area contributed by atoms with Gasteiger partial charge in [0.2, 0.25) is 5.91 Å². The molecule has 0 heterocycles. The zero-order chi connectivity index (χ0) is 16.7. The maximum Gasteiger partial charge on any atom is 0.224 e. The van der Waals surface area contributed by atoms with E-state index in [4.69, 9.17) is 0 Å². The summed E-state index contributed by atoms with van der Waals surface area (Å²) < 4.78 is 0. The molecule has 0 saturated heterocycles. The largest absolute Gasteiger partial charge is 0.353 e. The summed E-state index contributed by atoms with van der Waals surface area (Å²) in [5.74, 6) is 1.01. The molecule has 0 aromatic heterocycles. The Morgan fingerprint density at radius 3 is 1.86 bits per heavy atom. The van der Waals surface area contributed by atoms with Gasteiger partial charge in [-0.1, -0.05) is 41.5 Å². The zero-order valence-electron chi connectivity index (χ0n) is 15.2. The number of Topliss-reactive ketones (excluding diaryl/α,β-unsaturated/α-hetero) is 1. The van der Waals surface area contributed by atoms with Crippen LogP contribution in [-0.2, 0) is 9.59 Å². The normalized spacial score (nSPS) is 32.5. The molecule has 3 nitrogen and oxygen atoms in total. The number of carbonyl (C=O) groups excluding carboxylic acids is 2. The lowest BCUT2D eigenvalue weighted by Crippen LogP contribution is -2.40. The van der Waals surface area contributed by atoms with Gasteiger partial charge in [-0.15, -0.1) is 0 Å². The van der Waals surface area contributed by atoms with Gasteiger partial charge in [-0.05, 0) is 43.4 Å². The summed E-state index contributed by atoms with van der Waals surface area (Å²) in [6.45, 7) is 12.7. The summed E-state index contributed by atoms with van der Waals surface area (Å²) >= 11 is 0. The SMILES string of the molecule is CC(C)(C)C(=O)[C@@H]1C[C@@H]1C(=O)NC1CCC(C(C)(C)C)CC1. The predicted molar refractivity (Wildman–Crippen MR) is 89.4 cm³/mol. The van der Waals surface area contributed by atoms with Crippen molar-refractivity contribution >= 4 is 11.7 Å². The maximum atomic E-state index is 12.3. The number of nitrogens with one attached hydrogen (secondary N) is 1. The molecule has 0 aliphatic heterocycles. The van der Waals surface area contributed by atoms with Crippen LogP contribution in [0.15, 0.2) is 0 Å². The van der Waals surface area contributed by atoms with Gasteiger partial charge in [-0.3, -0.25) is 9.59 Å². The number of rotatable bonds is 3. The van der Waals surface area contributed by atoms with Gasteiger partial charge < -0.3 is 5.32 Å². The fourth-order valence-electron chi connectivity index (χ4n) is 3.74. The van der Waals surface area contributed by atoms with E-state index in [0.29, 0.717) is 11.5 Å². The first kappa shape index (κ1) is 17.5. The molecule has 0 spiro atoms. The van der Waals surface area contributed by atoms with E-state index in [0.717, 1.165) is 25.2 Å². The summed E-state index contributed by atoms with van der Waals surface area (Å²) in [7, 11) is 0. The second-order valence-corrected chi connectivity index (χ2v) is 9.49. The van der Waals surface area contributed by atoms with Crippen LogP contribution in [0, 0.1) is 28.6 Å². The first-order chi connectivity index (χ1) is 10.00. The standard InChI is InChI=1S/C19H33NO2/c1-18(2,3)12-7-9-13(10-8-12)20-17(22)15-11-14(15)16(21)19(4,5)6/h12-15H,7-11H2,1-6H3,(H,20,22)/t12?,13?,14-,15+/m1/s1. The smallest absolute Gasteiger partial charge is 0.224 e. The number of hydrogen-bond donors (Lipinski definition) is 1. The van der Waals surface area contributed by atoms with Crippen molar-refractivity contribution in [1.29, 1.82) is 0 Å². The van der Waals surface area contributed by atoms with Crippen LogP contribution in [0.2, 0.25) is 0 Å². The van der Waals surface area contributed by atoms with Crippen LogP contribution in [0.5, 0.6) is 0 Å². The van der Waals surface area contributed by atoms with Crippen molar-refractivity contribution in [2.24, 2.45) is 28.6 Å². The Balaban J connectivity index is 1.77. The maximum absolute atomic E-state index is 12.3. The molecule has 2 aliphatic rings. The quantitative estimate of drug-likeness (QED) is 0.858. The lowest BCUT2D eigenvalue weighted by Gasteiger charge is -2.37. The first-order valence-electron chi connectivity index (χ1n) is 8.85. The van der Waals surface area contributed by atoms with Gasteiger partial charge in [0, 0.05) is 23.3 Å². The molecule has 0 aromatic carbocycles. The Hall–Kier alpha value is -0.860. The highest BCUT2D eigenvalue weighted by molar-refractivity contribution is 5.95. The third kappa shape index (κ3) is 4.11. The van der Waals surface area contributed by atoms with Gasteiger partial charge in [-0.25, -0.2) is 0 Å². The summed E-state index contributed by atoms with van der Waals surface area (Å²) in [5.41, 5.74) is 0.0418. The highest BCUT2D eigenvalue weighted by atomic mass is 16.2. The first-order valence-corrected chi connectivity index (χ1v) is 8.85. The van der Waals surface area contributed by atoms with Crippen LogP contribution in [0.4, 0.5) is 0 Å². The molecule has 2 atom stereocenters. The van der Waals surface area contributed by atoms with E-state index in [9.17, 15) is 9.59 Å². The molecule has 22 heavy (non-hydrogen) atoms. The monoisotopic (exact) mass is 307 g/mol. The van der Waals surface area contributed by atoms with Gasteiger partial charge in [0.1, 0.15) is 5.78 Å². The second kappa shape index (κ2) is 5.98. The molecule has 2 aliphatic carbocycles. The highest BCUT2D eigenvalue weighted by Crippen LogP contribution is 2.44. The predicted octanol–water partition coefficient (Wildman–Crippen LogP) is 3.96. The summed E-state index contributed by atoms with van der Waals surface area (Å²) in [6.07, 6.45) is 5.31. The third-order valence-electron chi connectivity index (χ3n) is 5.50. The molecular formula is C19H33NO2. The van der Waals surface area contributed by atoms with Gasteiger partial charge in [0.05, 0.1) is 0 Å². The van der Waals surface area contributed by atoms with Crippen molar-refractivity contribution in [3.05, 3.63) is 0 Å². The van der Waals surface area contributed by atoms with Crippen LogP contribution in [-0.4, -0.2) is 17.7 Å². The number of hydrogen-bond acceptors (Lipinski definition) is 2. The molecule has 0 radical (unpaired) electrons.